The van der Waals surface area contributed by atoms with Gasteiger partial charge in [-0.25, -0.2) is 9.97 Å². The van der Waals surface area contributed by atoms with E-state index in [2.05, 4.69) is 27.4 Å². The van der Waals surface area contributed by atoms with Crippen molar-refractivity contribution in [2.45, 2.75) is 13.0 Å². The number of para-hydroxylation sites is 1. The van der Waals surface area contributed by atoms with Crippen molar-refractivity contribution in [1.29, 1.82) is 5.26 Å². The molecule has 188 valence electrons. The normalized spacial score (nSPS) is 11.6. The first-order valence-electron chi connectivity index (χ1n) is 12.1. The second-order valence-electron chi connectivity index (χ2n) is 9.06. The number of hydrogen-bond donors (Lipinski definition) is 2. The molecule has 0 amide bonds. The van der Waals surface area contributed by atoms with E-state index in [1.807, 2.05) is 92.6 Å². The Morgan fingerprint density at radius 2 is 1.79 bits per heavy atom. The van der Waals surface area contributed by atoms with E-state index in [1.165, 1.54) is 6.20 Å². The maximum absolute atomic E-state index is 14.3. The van der Waals surface area contributed by atoms with Crippen molar-refractivity contribution in [3.8, 4) is 22.9 Å². The summed E-state index contributed by atoms with van der Waals surface area (Å²) in [7, 11) is 3.96. The van der Waals surface area contributed by atoms with Gasteiger partial charge in [0.05, 0.1) is 28.8 Å². The van der Waals surface area contributed by atoms with Gasteiger partial charge < -0.3 is 16.0 Å². The summed E-state index contributed by atoms with van der Waals surface area (Å²) in [6.45, 7) is 1.86. The fourth-order valence-corrected chi connectivity index (χ4v) is 4.41. The van der Waals surface area contributed by atoms with Gasteiger partial charge in [-0.2, -0.15) is 10.2 Å². The first-order chi connectivity index (χ1) is 18.4. The Labute approximate surface area is 219 Å². The average molecular weight is 503 g/mol. The molecule has 9 nitrogen and oxygen atoms in total. The van der Waals surface area contributed by atoms with Crippen molar-refractivity contribution in [3.63, 3.8) is 0 Å². The molecular weight excluding hydrogens is 476 g/mol. The lowest BCUT2D eigenvalue weighted by Crippen LogP contribution is -2.28. The average Bonchev–Trinajstić information content (AvgIpc) is 2.93. The zero-order valence-corrected chi connectivity index (χ0v) is 21.3. The standard InChI is InChI=1S/C29H26N8O/c1-18(33-26-20(16-30)17-32-29(31)35-26)27-34-24-14-8-13-23(19-9-7-12-22(15-19)36(2)3)25(24)28(38)37(27)21-10-5-4-6-11-21/h4-15,17-18H,1-3H3,(H3,31,32,33,35)/t18-/m0/s1. The molecule has 0 radical (unpaired) electrons. The number of aromatic nitrogens is 4. The summed E-state index contributed by atoms with van der Waals surface area (Å²) in [6, 6.07) is 24.7. The summed E-state index contributed by atoms with van der Waals surface area (Å²) in [5.41, 5.74) is 9.82. The molecule has 2 heterocycles. The number of fused-ring (bicyclic) bond motifs is 1. The second kappa shape index (κ2) is 10.0. The van der Waals surface area contributed by atoms with Crippen LogP contribution in [0, 0.1) is 11.3 Å². The number of hydrogen-bond acceptors (Lipinski definition) is 8. The van der Waals surface area contributed by atoms with E-state index < -0.39 is 6.04 Å². The smallest absolute Gasteiger partial charge is 0.266 e. The highest BCUT2D eigenvalue weighted by Gasteiger charge is 2.21. The monoisotopic (exact) mass is 502 g/mol. The van der Waals surface area contributed by atoms with E-state index in [-0.39, 0.29) is 22.9 Å². The van der Waals surface area contributed by atoms with Crippen LogP contribution in [-0.4, -0.2) is 33.6 Å². The van der Waals surface area contributed by atoms with E-state index in [9.17, 15) is 10.1 Å². The van der Waals surface area contributed by atoms with E-state index >= 15 is 0 Å². The minimum Gasteiger partial charge on any atom is -0.378 e. The third-order valence-corrected chi connectivity index (χ3v) is 6.28. The van der Waals surface area contributed by atoms with Crippen LogP contribution in [0.25, 0.3) is 27.7 Å². The van der Waals surface area contributed by atoms with Gasteiger partial charge in [0.2, 0.25) is 5.95 Å². The second-order valence-corrected chi connectivity index (χ2v) is 9.06. The lowest BCUT2D eigenvalue weighted by molar-refractivity contribution is 0.731. The SMILES string of the molecule is C[C@H](Nc1nc(N)ncc1C#N)c1nc2cccc(-c3cccc(N(C)C)c3)c2c(=O)n1-c1ccccc1. The summed E-state index contributed by atoms with van der Waals surface area (Å²) < 4.78 is 1.61. The van der Waals surface area contributed by atoms with Gasteiger partial charge in [-0.05, 0) is 48.4 Å². The molecule has 0 aliphatic rings. The predicted molar refractivity (Wildman–Crippen MR) is 150 cm³/mol. The van der Waals surface area contributed by atoms with Crippen molar-refractivity contribution >= 4 is 28.4 Å². The Kier molecular flexibility index (Phi) is 6.46. The highest BCUT2D eigenvalue weighted by molar-refractivity contribution is 5.94. The lowest BCUT2D eigenvalue weighted by atomic mass is 10.00. The van der Waals surface area contributed by atoms with Gasteiger partial charge in [0, 0.05) is 19.8 Å². The third kappa shape index (κ3) is 4.51. The van der Waals surface area contributed by atoms with Crippen LogP contribution >= 0.6 is 0 Å². The number of nitrogen functional groups attached to an aromatic ring is 1. The quantitative estimate of drug-likeness (QED) is 0.347. The number of nitrogens with two attached hydrogens (primary N) is 1. The minimum absolute atomic E-state index is 0.0372. The molecule has 0 fully saturated rings. The first-order valence-corrected chi connectivity index (χ1v) is 12.1. The molecule has 0 spiro atoms. The Morgan fingerprint density at radius 3 is 2.53 bits per heavy atom. The zero-order chi connectivity index (χ0) is 26.8. The van der Waals surface area contributed by atoms with Crippen molar-refractivity contribution in [2.75, 3.05) is 30.0 Å². The molecule has 1 atom stereocenters. The maximum atomic E-state index is 14.3. The molecule has 0 aliphatic heterocycles. The topological polar surface area (TPSA) is 126 Å². The molecule has 9 heteroatoms. The van der Waals surface area contributed by atoms with Crippen LogP contribution < -0.4 is 21.5 Å². The number of nitriles is 1. The fraction of sp³-hybridized carbons (Fsp3) is 0.138. The molecule has 3 N–H and O–H groups in total. The molecule has 0 aliphatic carbocycles. The molecule has 0 saturated heterocycles. The predicted octanol–water partition coefficient (Wildman–Crippen LogP) is 4.54. The first kappa shape index (κ1) is 24.5. The van der Waals surface area contributed by atoms with Crippen molar-refractivity contribution in [2.24, 2.45) is 0 Å². The Bertz CT molecular complexity index is 1740. The number of rotatable bonds is 6. The van der Waals surface area contributed by atoms with Crippen LogP contribution in [0.4, 0.5) is 17.5 Å². The van der Waals surface area contributed by atoms with Crippen LogP contribution in [0.2, 0.25) is 0 Å². The Hall–Kier alpha value is -5.23. The van der Waals surface area contributed by atoms with Gasteiger partial charge in [-0.3, -0.25) is 9.36 Å². The number of benzene rings is 3. The summed E-state index contributed by atoms with van der Waals surface area (Å²) in [5, 5.41) is 13.2. The summed E-state index contributed by atoms with van der Waals surface area (Å²) in [5.74, 6) is 0.778. The largest absolute Gasteiger partial charge is 0.378 e. The molecule has 0 unspecified atom stereocenters. The Balaban J connectivity index is 1.74. The van der Waals surface area contributed by atoms with Crippen molar-refractivity contribution in [1.82, 2.24) is 19.5 Å². The van der Waals surface area contributed by atoms with Crippen LogP contribution in [0.1, 0.15) is 24.4 Å². The molecule has 38 heavy (non-hydrogen) atoms. The van der Waals surface area contributed by atoms with Gasteiger partial charge in [-0.15, -0.1) is 0 Å². The summed E-state index contributed by atoms with van der Waals surface area (Å²) in [4.78, 5) is 29.4. The van der Waals surface area contributed by atoms with Crippen LogP contribution in [0.15, 0.2) is 83.8 Å². The lowest BCUT2D eigenvalue weighted by Gasteiger charge is -2.21. The molecule has 3 aromatic carbocycles. The minimum atomic E-state index is -0.505. The summed E-state index contributed by atoms with van der Waals surface area (Å²) >= 11 is 0. The number of nitrogens with one attached hydrogen (secondary N) is 1. The van der Waals surface area contributed by atoms with Crippen molar-refractivity contribution in [3.05, 3.63) is 101 Å². The molecule has 0 bridgehead atoms. The van der Waals surface area contributed by atoms with E-state index in [4.69, 9.17) is 10.7 Å². The van der Waals surface area contributed by atoms with E-state index in [1.54, 1.807) is 4.57 Å². The van der Waals surface area contributed by atoms with Crippen molar-refractivity contribution < 1.29 is 0 Å². The number of nitrogens with zero attached hydrogens (tertiary/aromatic N) is 6. The molecule has 5 rings (SSSR count). The van der Waals surface area contributed by atoms with Gasteiger partial charge in [-0.1, -0.05) is 42.5 Å². The van der Waals surface area contributed by atoms with Crippen LogP contribution in [0.3, 0.4) is 0 Å². The van der Waals surface area contributed by atoms with E-state index in [0.717, 1.165) is 16.8 Å². The maximum Gasteiger partial charge on any atom is 0.266 e. The zero-order valence-electron chi connectivity index (χ0n) is 21.3. The Morgan fingerprint density at radius 1 is 1.03 bits per heavy atom. The van der Waals surface area contributed by atoms with E-state index in [0.29, 0.717) is 22.4 Å². The highest BCUT2D eigenvalue weighted by Crippen LogP contribution is 2.30. The fourth-order valence-electron chi connectivity index (χ4n) is 4.41. The molecule has 5 aromatic rings. The van der Waals surface area contributed by atoms with Gasteiger partial charge >= 0.3 is 0 Å². The van der Waals surface area contributed by atoms with Crippen LogP contribution in [-0.2, 0) is 0 Å². The summed E-state index contributed by atoms with van der Waals surface area (Å²) in [6.07, 6.45) is 1.36. The molecule has 2 aromatic heterocycles. The van der Waals surface area contributed by atoms with Gasteiger partial charge in [0.25, 0.3) is 5.56 Å². The van der Waals surface area contributed by atoms with Gasteiger partial charge in [0.1, 0.15) is 23.3 Å². The molecular formula is C29H26N8O. The highest BCUT2D eigenvalue weighted by atomic mass is 16.1. The number of anilines is 3. The molecule has 0 saturated carbocycles. The van der Waals surface area contributed by atoms with Crippen LogP contribution in [0.5, 0.6) is 0 Å². The third-order valence-electron chi connectivity index (χ3n) is 6.28. The van der Waals surface area contributed by atoms with Gasteiger partial charge in [0.15, 0.2) is 0 Å².